The van der Waals surface area contributed by atoms with E-state index in [1.54, 1.807) is 0 Å². The van der Waals surface area contributed by atoms with Crippen LogP contribution >= 0.6 is 8.60 Å². The van der Waals surface area contributed by atoms with Gasteiger partial charge in [0, 0.05) is 17.0 Å². The fourth-order valence-electron chi connectivity index (χ4n) is 4.30. The van der Waals surface area contributed by atoms with Gasteiger partial charge in [0.15, 0.2) is 0 Å². The van der Waals surface area contributed by atoms with Gasteiger partial charge < -0.3 is 13.9 Å². The lowest BCUT2D eigenvalue weighted by molar-refractivity contribution is 0.371. The summed E-state index contributed by atoms with van der Waals surface area (Å²) in [6.45, 7) is 17.7. The van der Waals surface area contributed by atoms with E-state index in [9.17, 15) is 4.89 Å². The van der Waals surface area contributed by atoms with Crippen LogP contribution in [0.1, 0.15) is 102 Å². The summed E-state index contributed by atoms with van der Waals surface area (Å²) in [7, 11) is -2.17. The number of aryl methyl sites for hydroxylation is 1. The van der Waals surface area contributed by atoms with Gasteiger partial charge in [0.05, 0.1) is 0 Å². The molecule has 0 aromatic heterocycles. The number of benzene rings is 3. The molecule has 3 aromatic carbocycles. The molecule has 2 unspecified atom stereocenters. The Morgan fingerprint density at radius 1 is 0.778 bits per heavy atom. The third-order valence-corrected chi connectivity index (χ3v) is 8.57. The zero-order valence-corrected chi connectivity index (χ0v) is 24.2. The average molecular weight is 507 g/mol. The van der Waals surface area contributed by atoms with Gasteiger partial charge in [-0.05, 0) is 58.9 Å². The third-order valence-electron chi connectivity index (χ3n) is 7.86. The van der Waals surface area contributed by atoms with Gasteiger partial charge in [0.2, 0.25) is 0 Å². The standard InChI is InChI=1S/C32H43O3P/c1-9-24-17-19-29(27(21-24)23(4)25-15-13-12-14-16-25)34-36(33)35-30-20-18-26(31(5,6)10-2)22-28(30)32(7,8)11-3/h12-23,33H,9-11H2,1-8H3. The topological polar surface area (TPSA) is 38.7 Å². The van der Waals surface area contributed by atoms with Crippen LogP contribution in [0.5, 0.6) is 11.5 Å². The first-order valence-corrected chi connectivity index (χ1v) is 14.3. The molecule has 0 saturated heterocycles. The molecule has 4 heteroatoms. The second kappa shape index (κ2) is 11.8. The highest BCUT2D eigenvalue weighted by atomic mass is 31.2. The van der Waals surface area contributed by atoms with Gasteiger partial charge in [0.25, 0.3) is 0 Å². The molecule has 0 saturated carbocycles. The van der Waals surface area contributed by atoms with Crippen molar-refractivity contribution in [1.29, 1.82) is 0 Å². The Morgan fingerprint density at radius 3 is 2.00 bits per heavy atom. The molecular formula is C32H43O3P. The Bertz CT molecular complexity index is 1140. The van der Waals surface area contributed by atoms with Crippen LogP contribution in [0.2, 0.25) is 0 Å². The first-order valence-electron chi connectivity index (χ1n) is 13.2. The first-order chi connectivity index (χ1) is 17.0. The van der Waals surface area contributed by atoms with Crippen LogP contribution in [0.4, 0.5) is 0 Å². The Labute approximate surface area is 219 Å². The van der Waals surface area contributed by atoms with Gasteiger partial charge in [-0.15, -0.1) is 0 Å². The molecule has 0 aliphatic carbocycles. The molecule has 1 N–H and O–H groups in total. The van der Waals surface area contributed by atoms with Crippen LogP contribution in [0, 0.1) is 0 Å². The van der Waals surface area contributed by atoms with Crippen molar-refractivity contribution in [2.45, 2.75) is 91.4 Å². The van der Waals surface area contributed by atoms with Crippen LogP contribution in [-0.4, -0.2) is 4.89 Å². The smallest absolute Gasteiger partial charge is 0.418 e. The summed E-state index contributed by atoms with van der Waals surface area (Å²) in [6.07, 6.45) is 2.95. The summed E-state index contributed by atoms with van der Waals surface area (Å²) in [5.41, 5.74) is 5.87. The van der Waals surface area contributed by atoms with Gasteiger partial charge in [0.1, 0.15) is 11.5 Å². The predicted octanol–water partition coefficient (Wildman–Crippen LogP) is 9.45. The van der Waals surface area contributed by atoms with Crippen LogP contribution in [0.15, 0.2) is 66.7 Å². The minimum atomic E-state index is -2.17. The van der Waals surface area contributed by atoms with Crippen molar-refractivity contribution in [3.05, 3.63) is 94.5 Å². The average Bonchev–Trinajstić information content (AvgIpc) is 2.89. The van der Waals surface area contributed by atoms with E-state index in [4.69, 9.17) is 9.05 Å². The second-order valence-corrected chi connectivity index (χ2v) is 11.8. The first kappa shape index (κ1) is 28.2. The summed E-state index contributed by atoms with van der Waals surface area (Å²) in [6, 6.07) is 23.0. The maximum atomic E-state index is 11.0. The minimum absolute atomic E-state index is 0.0705. The Balaban J connectivity index is 1.92. The van der Waals surface area contributed by atoms with E-state index in [1.807, 2.05) is 18.2 Å². The normalized spacial score (nSPS) is 13.8. The molecule has 194 valence electrons. The molecular weight excluding hydrogens is 463 g/mol. The molecule has 0 bridgehead atoms. The second-order valence-electron chi connectivity index (χ2n) is 11.0. The van der Waals surface area contributed by atoms with Crippen molar-refractivity contribution >= 4 is 8.60 Å². The highest BCUT2D eigenvalue weighted by Crippen LogP contribution is 2.45. The van der Waals surface area contributed by atoms with E-state index < -0.39 is 8.60 Å². The number of hydrogen-bond donors (Lipinski definition) is 1. The lowest BCUT2D eigenvalue weighted by Crippen LogP contribution is -2.21. The van der Waals surface area contributed by atoms with Crippen molar-refractivity contribution in [1.82, 2.24) is 0 Å². The third kappa shape index (κ3) is 6.50. The van der Waals surface area contributed by atoms with Crippen molar-refractivity contribution in [3.63, 3.8) is 0 Å². The quantitative estimate of drug-likeness (QED) is 0.263. The summed E-state index contributed by atoms with van der Waals surface area (Å²) >= 11 is 0. The molecule has 2 atom stereocenters. The molecule has 3 nitrogen and oxygen atoms in total. The van der Waals surface area contributed by atoms with Crippen molar-refractivity contribution < 1.29 is 13.9 Å². The van der Waals surface area contributed by atoms with E-state index in [2.05, 4.69) is 104 Å². The predicted molar refractivity (Wildman–Crippen MR) is 153 cm³/mol. The molecule has 0 aliphatic heterocycles. The molecule has 0 spiro atoms. The molecule has 0 radical (unpaired) electrons. The van der Waals surface area contributed by atoms with E-state index in [1.165, 1.54) is 16.7 Å². The number of hydrogen-bond acceptors (Lipinski definition) is 3. The van der Waals surface area contributed by atoms with Gasteiger partial charge in [-0.2, -0.15) is 0 Å². The Morgan fingerprint density at radius 2 is 1.39 bits per heavy atom. The maximum Gasteiger partial charge on any atom is 0.460 e. The molecule has 3 rings (SSSR count). The Hall–Kier alpha value is -2.35. The lowest BCUT2D eigenvalue weighted by atomic mass is 9.76. The Kier molecular flexibility index (Phi) is 9.25. The summed E-state index contributed by atoms with van der Waals surface area (Å²) < 4.78 is 12.2. The highest BCUT2D eigenvalue weighted by molar-refractivity contribution is 7.41. The zero-order chi connectivity index (χ0) is 26.5. The van der Waals surface area contributed by atoms with E-state index in [-0.39, 0.29) is 16.7 Å². The highest BCUT2D eigenvalue weighted by Gasteiger charge is 2.28. The van der Waals surface area contributed by atoms with Gasteiger partial charge in [-0.3, -0.25) is 0 Å². The zero-order valence-electron chi connectivity index (χ0n) is 23.3. The van der Waals surface area contributed by atoms with Crippen molar-refractivity contribution in [2.24, 2.45) is 0 Å². The van der Waals surface area contributed by atoms with Crippen LogP contribution in [0.3, 0.4) is 0 Å². The summed E-state index contributed by atoms with van der Waals surface area (Å²) in [5.74, 6) is 1.48. The van der Waals surface area contributed by atoms with E-state index in [0.717, 1.165) is 30.4 Å². The largest absolute Gasteiger partial charge is 0.460 e. The van der Waals surface area contributed by atoms with Crippen LogP contribution in [-0.2, 0) is 17.3 Å². The molecule has 3 aromatic rings. The van der Waals surface area contributed by atoms with Gasteiger partial charge >= 0.3 is 8.60 Å². The van der Waals surface area contributed by atoms with E-state index in [0.29, 0.717) is 11.5 Å². The van der Waals surface area contributed by atoms with Gasteiger partial charge in [-0.25, -0.2) is 0 Å². The number of rotatable bonds is 11. The molecule has 0 fully saturated rings. The minimum Gasteiger partial charge on any atom is -0.418 e. The van der Waals surface area contributed by atoms with Crippen LogP contribution in [0.25, 0.3) is 0 Å². The summed E-state index contributed by atoms with van der Waals surface area (Å²) in [4.78, 5) is 11.0. The fraction of sp³-hybridized carbons (Fsp3) is 0.438. The summed E-state index contributed by atoms with van der Waals surface area (Å²) in [5, 5.41) is 0. The van der Waals surface area contributed by atoms with Gasteiger partial charge in [-0.1, -0.05) is 110 Å². The molecule has 0 aliphatic rings. The van der Waals surface area contributed by atoms with Crippen LogP contribution < -0.4 is 9.05 Å². The fourth-order valence-corrected chi connectivity index (χ4v) is 5.00. The molecule has 36 heavy (non-hydrogen) atoms. The molecule has 0 amide bonds. The maximum absolute atomic E-state index is 11.0. The van der Waals surface area contributed by atoms with Crippen molar-refractivity contribution in [2.75, 3.05) is 0 Å². The van der Waals surface area contributed by atoms with Crippen molar-refractivity contribution in [3.8, 4) is 11.5 Å². The molecule has 0 heterocycles. The SMILES string of the molecule is CCc1ccc(OP(O)Oc2ccc(C(C)(C)CC)cc2C(C)(C)CC)c(C(C)c2ccccc2)c1. The lowest BCUT2D eigenvalue weighted by Gasteiger charge is -2.30. The monoisotopic (exact) mass is 506 g/mol. The van der Waals surface area contributed by atoms with E-state index >= 15 is 0 Å².